The Morgan fingerprint density at radius 2 is 2.32 bits per heavy atom. The highest BCUT2D eigenvalue weighted by molar-refractivity contribution is 7.09. The van der Waals surface area contributed by atoms with Crippen LogP contribution in [0.2, 0.25) is 0 Å². The van der Waals surface area contributed by atoms with Crippen molar-refractivity contribution in [2.24, 2.45) is 0 Å². The molecule has 0 radical (unpaired) electrons. The van der Waals surface area contributed by atoms with Crippen molar-refractivity contribution in [2.75, 3.05) is 20.3 Å². The van der Waals surface area contributed by atoms with E-state index in [2.05, 4.69) is 5.32 Å². The van der Waals surface area contributed by atoms with Crippen LogP contribution in [0.5, 0.6) is 11.5 Å². The Morgan fingerprint density at radius 1 is 1.43 bits per heavy atom. The Balaban J connectivity index is 1.66. The van der Waals surface area contributed by atoms with Crippen LogP contribution < -0.4 is 14.8 Å². The third kappa shape index (κ3) is 5.35. The van der Waals surface area contributed by atoms with Crippen LogP contribution in [0, 0.1) is 11.3 Å². The number of hydrogen-bond acceptors (Lipinski definition) is 6. The second-order valence-corrected chi connectivity index (χ2v) is 7.33. The van der Waals surface area contributed by atoms with Gasteiger partial charge in [-0.3, -0.25) is 4.79 Å². The van der Waals surface area contributed by atoms with E-state index in [0.717, 1.165) is 24.3 Å². The zero-order chi connectivity index (χ0) is 19.8. The third-order valence-corrected chi connectivity index (χ3v) is 5.18. The lowest BCUT2D eigenvalue weighted by molar-refractivity contribution is -0.117. The highest BCUT2D eigenvalue weighted by atomic mass is 32.1. The third-order valence-electron chi connectivity index (χ3n) is 4.33. The Morgan fingerprint density at radius 3 is 3.00 bits per heavy atom. The first kappa shape index (κ1) is 19.9. The second kappa shape index (κ2) is 9.93. The van der Waals surface area contributed by atoms with Crippen molar-refractivity contribution >= 4 is 23.3 Å². The average molecular weight is 398 g/mol. The molecule has 1 N–H and O–H groups in total. The minimum atomic E-state index is -0.407. The van der Waals surface area contributed by atoms with Gasteiger partial charge in [-0.2, -0.15) is 5.26 Å². The summed E-state index contributed by atoms with van der Waals surface area (Å²) in [7, 11) is 1.56. The first-order valence-corrected chi connectivity index (χ1v) is 9.92. The lowest BCUT2D eigenvalue weighted by Gasteiger charge is -2.11. The molecule has 0 bridgehead atoms. The number of rotatable bonds is 8. The summed E-state index contributed by atoms with van der Waals surface area (Å²) < 4.78 is 16.7. The monoisotopic (exact) mass is 398 g/mol. The number of benzene rings is 1. The summed E-state index contributed by atoms with van der Waals surface area (Å²) in [5, 5.41) is 14.1. The van der Waals surface area contributed by atoms with Gasteiger partial charge >= 0.3 is 0 Å². The maximum absolute atomic E-state index is 12.3. The Labute approximate surface area is 168 Å². The summed E-state index contributed by atoms with van der Waals surface area (Å²) in [5.74, 6) is 0.742. The SMILES string of the molecule is COc1cc(/C=C(\C#N)C(=O)NC[C@H]2CCCO2)ccc1OCc1cccs1. The molecular formula is C21H22N2O4S. The van der Waals surface area contributed by atoms with Gasteiger partial charge in [0.05, 0.1) is 13.2 Å². The molecule has 0 unspecified atom stereocenters. The molecule has 6 nitrogen and oxygen atoms in total. The van der Waals surface area contributed by atoms with Crippen LogP contribution in [-0.2, 0) is 16.1 Å². The predicted molar refractivity (Wildman–Crippen MR) is 107 cm³/mol. The summed E-state index contributed by atoms with van der Waals surface area (Å²) in [6.07, 6.45) is 3.50. The molecule has 1 aromatic heterocycles. The number of thiophene rings is 1. The smallest absolute Gasteiger partial charge is 0.262 e. The first-order valence-electron chi connectivity index (χ1n) is 9.04. The molecule has 3 rings (SSSR count). The van der Waals surface area contributed by atoms with Crippen molar-refractivity contribution in [1.82, 2.24) is 5.32 Å². The highest BCUT2D eigenvalue weighted by Crippen LogP contribution is 2.30. The summed E-state index contributed by atoms with van der Waals surface area (Å²) in [6, 6.07) is 11.2. The molecule has 0 spiro atoms. The molecule has 1 fully saturated rings. The topological polar surface area (TPSA) is 80.6 Å². The molecule has 28 heavy (non-hydrogen) atoms. The number of amides is 1. The molecule has 2 aromatic rings. The van der Waals surface area contributed by atoms with Gasteiger partial charge in [-0.05, 0) is 48.1 Å². The van der Waals surface area contributed by atoms with Gasteiger partial charge in [0.2, 0.25) is 0 Å². The van der Waals surface area contributed by atoms with Crippen molar-refractivity contribution < 1.29 is 19.0 Å². The number of carbonyl (C=O) groups is 1. The Bertz CT molecular complexity index is 865. The van der Waals surface area contributed by atoms with Crippen molar-refractivity contribution in [3.8, 4) is 17.6 Å². The molecule has 0 aliphatic carbocycles. The minimum Gasteiger partial charge on any atom is -0.493 e. The summed E-state index contributed by atoms with van der Waals surface area (Å²) in [5.41, 5.74) is 0.719. The number of nitrogens with one attached hydrogen (secondary N) is 1. The summed E-state index contributed by atoms with van der Waals surface area (Å²) in [4.78, 5) is 13.4. The normalized spacial score (nSPS) is 16.4. The Kier molecular flexibility index (Phi) is 7.06. The average Bonchev–Trinajstić information content (AvgIpc) is 3.43. The van der Waals surface area contributed by atoms with Gasteiger partial charge < -0.3 is 19.5 Å². The van der Waals surface area contributed by atoms with Gasteiger partial charge in [-0.25, -0.2) is 0 Å². The van der Waals surface area contributed by atoms with Crippen LogP contribution in [0.1, 0.15) is 23.3 Å². The van der Waals surface area contributed by atoms with E-state index in [1.54, 1.807) is 36.6 Å². The van der Waals surface area contributed by atoms with Crippen LogP contribution in [0.15, 0.2) is 41.3 Å². The summed E-state index contributed by atoms with van der Waals surface area (Å²) >= 11 is 1.62. The molecule has 0 saturated carbocycles. The molecule has 7 heteroatoms. The minimum absolute atomic E-state index is 0.0313. The van der Waals surface area contributed by atoms with Crippen molar-refractivity contribution in [3.63, 3.8) is 0 Å². The van der Waals surface area contributed by atoms with E-state index in [9.17, 15) is 10.1 Å². The van der Waals surface area contributed by atoms with Gasteiger partial charge in [0.15, 0.2) is 11.5 Å². The fourth-order valence-corrected chi connectivity index (χ4v) is 3.48. The molecular weight excluding hydrogens is 376 g/mol. The number of nitriles is 1. The van der Waals surface area contributed by atoms with Crippen LogP contribution in [-0.4, -0.2) is 32.3 Å². The fraction of sp³-hybridized carbons (Fsp3) is 0.333. The van der Waals surface area contributed by atoms with Gasteiger partial charge in [0.1, 0.15) is 18.2 Å². The number of nitrogens with zero attached hydrogens (tertiary/aromatic N) is 1. The quantitative estimate of drug-likeness (QED) is 0.543. The first-order chi connectivity index (χ1) is 13.7. The molecule has 1 aliphatic rings. The van der Waals surface area contributed by atoms with Gasteiger partial charge in [0, 0.05) is 18.0 Å². The fourth-order valence-electron chi connectivity index (χ4n) is 2.86. The van der Waals surface area contributed by atoms with Crippen molar-refractivity contribution in [3.05, 3.63) is 51.7 Å². The number of methoxy groups -OCH3 is 1. The largest absolute Gasteiger partial charge is 0.493 e. The molecule has 1 aromatic carbocycles. The molecule has 146 valence electrons. The highest BCUT2D eigenvalue weighted by Gasteiger charge is 2.17. The molecule has 1 saturated heterocycles. The van der Waals surface area contributed by atoms with Crippen LogP contribution in [0.4, 0.5) is 0 Å². The van der Waals surface area contributed by atoms with E-state index >= 15 is 0 Å². The van der Waals surface area contributed by atoms with Gasteiger partial charge in [-0.1, -0.05) is 12.1 Å². The standard InChI is InChI=1S/C21H22N2O4S/c1-25-20-11-15(6-7-19(20)27-14-18-5-3-9-28-18)10-16(12-22)21(24)23-13-17-4-2-8-26-17/h3,5-7,9-11,17H,2,4,8,13-14H2,1H3,(H,23,24)/b16-10+/t17-/m1/s1. The molecule has 2 heterocycles. The van der Waals surface area contributed by atoms with E-state index in [4.69, 9.17) is 14.2 Å². The maximum Gasteiger partial charge on any atom is 0.262 e. The lowest BCUT2D eigenvalue weighted by Crippen LogP contribution is -2.32. The van der Waals surface area contributed by atoms with E-state index in [1.807, 2.05) is 23.6 Å². The number of ether oxygens (including phenoxy) is 3. The summed E-state index contributed by atoms with van der Waals surface area (Å²) in [6.45, 7) is 1.59. The molecule has 1 amide bonds. The number of hydrogen-bond donors (Lipinski definition) is 1. The molecule has 1 aliphatic heterocycles. The van der Waals surface area contributed by atoms with Gasteiger partial charge in [-0.15, -0.1) is 11.3 Å². The van der Waals surface area contributed by atoms with Crippen molar-refractivity contribution in [2.45, 2.75) is 25.6 Å². The van der Waals surface area contributed by atoms with E-state index < -0.39 is 5.91 Å². The van der Waals surface area contributed by atoms with Crippen LogP contribution in [0.3, 0.4) is 0 Å². The zero-order valence-corrected chi connectivity index (χ0v) is 16.5. The lowest BCUT2D eigenvalue weighted by atomic mass is 10.1. The second-order valence-electron chi connectivity index (χ2n) is 6.29. The van der Waals surface area contributed by atoms with Crippen LogP contribution >= 0.6 is 11.3 Å². The van der Waals surface area contributed by atoms with E-state index in [1.165, 1.54) is 6.08 Å². The van der Waals surface area contributed by atoms with Crippen molar-refractivity contribution in [1.29, 1.82) is 5.26 Å². The number of carbonyl (C=O) groups excluding carboxylic acids is 1. The molecule has 1 atom stereocenters. The van der Waals surface area contributed by atoms with E-state index in [0.29, 0.717) is 30.2 Å². The van der Waals surface area contributed by atoms with E-state index in [-0.39, 0.29) is 11.7 Å². The van der Waals surface area contributed by atoms with Gasteiger partial charge in [0.25, 0.3) is 5.91 Å². The predicted octanol–water partition coefficient (Wildman–Crippen LogP) is 3.54. The maximum atomic E-state index is 12.3. The van der Waals surface area contributed by atoms with Crippen LogP contribution in [0.25, 0.3) is 6.08 Å². The Hall–Kier alpha value is -2.82. The zero-order valence-electron chi connectivity index (χ0n) is 15.6.